The number of aryl methyl sites for hydroxylation is 1. The number of rotatable bonds is 3. The largest absolute Gasteiger partial charge is 0.478 e. The van der Waals surface area contributed by atoms with Crippen molar-refractivity contribution < 1.29 is 36.6 Å². The number of alkyl halides is 3. The molecular formula is C23H12ClF5N2O3. The number of benzene rings is 3. The lowest BCUT2D eigenvalue weighted by Gasteiger charge is -2.13. The summed E-state index contributed by atoms with van der Waals surface area (Å²) in [4.78, 5) is 24.5. The lowest BCUT2D eigenvalue weighted by molar-refractivity contribution is -0.137. The van der Waals surface area contributed by atoms with E-state index < -0.39 is 51.4 Å². The van der Waals surface area contributed by atoms with Crippen LogP contribution in [0.25, 0.3) is 22.2 Å². The minimum Gasteiger partial charge on any atom is -0.478 e. The summed E-state index contributed by atoms with van der Waals surface area (Å²) < 4.78 is 70.5. The molecule has 0 atom stereocenters. The number of aromatic nitrogens is 2. The molecule has 34 heavy (non-hydrogen) atoms. The van der Waals surface area contributed by atoms with Gasteiger partial charge in [-0.1, -0.05) is 23.7 Å². The highest BCUT2D eigenvalue weighted by Gasteiger charge is 2.37. The van der Waals surface area contributed by atoms with Crippen LogP contribution in [0.2, 0.25) is 5.02 Å². The SMILES string of the molecule is Cc1cc(C(=O)O)c(F)cc1-c1nn(C(=O)c2c(Cl)cccc2C(F)(F)F)c2cccc(F)c12. The Morgan fingerprint density at radius 2 is 1.71 bits per heavy atom. The number of aromatic carboxylic acids is 1. The molecule has 4 aromatic rings. The molecule has 0 aliphatic carbocycles. The van der Waals surface area contributed by atoms with Crippen molar-refractivity contribution in [1.29, 1.82) is 0 Å². The summed E-state index contributed by atoms with van der Waals surface area (Å²) >= 11 is 5.94. The maximum Gasteiger partial charge on any atom is 0.417 e. The molecule has 0 unspecified atom stereocenters. The third-order valence-corrected chi connectivity index (χ3v) is 5.50. The highest BCUT2D eigenvalue weighted by atomic mass is 35.5. The smallest absolute Gasteiger partial charge is 0.417 e. The zero-order valence-corrected chi connectivity index (χ0v) is 17.8. The Bertz CT molecular complexity index is 1490. The summed E-state index contributed by atoms with van der Waals surface area (Å²) in [6.07, 6.45) is -4.92. The second-order valence-corrected chi connectivity index (χ2v) is 7.72. The van der Waals surface area contributed by atoms with Gasteiger partial charge in [0.15, 0.2) is 0 Å². The number of halogens is 6. The van der Waals surface area contributed by atoms with Gasteiger partial charge >= 0.3 is 12.1 Å². The second-order valence-electron chi connectivity index (χ2n) is 7.31. The van der Waals surface area contributed by atoms with E-state index in [1.807, 2.05) is 0 Å². The van der Waals surface area contributed by atoms with Gasteiger partial charge < -0.3 is 5.11 Å². The van der Waals surface area contributed by atoms with Gasteiger partial charge in [-0.25, -0.2) is 13.6 Å². The van der Waals surface area contributed by atoms with E-state index in [4.69, 9.17) is 16.7 Å². The van der Waals surface area contributed by atoms with Gasteiger partial charge in [-0.3, -0.25) is 4.79 Å². The van der Waals surface area contributed by atoms with E-state index in [1.165, 1.54) is 19.1 Å². The predicted octanol–water partition coefficient (Wildman–Crippen LogP) is 6.35. The van der Waals surface area contributed by atoms with Crippen LogP contribution in [0.4, 0.5) is 22.0 Å². The van der Waals surface area contributed by atoms with Gasteiger partial charge in [0.25, 0.3) is 5.91 Å². The maximum atomic E-state index is 14.8. The second kappa shape index (κ2) is 8.21. The molecule has 0 aliphatic rings. The minimum absolute atomic E-state index is 0.0423. The molecule has 0 aliphatic heterocycles. The monoisotopic (exact) mass is 494 g/mol. The predicted molar refractivity (Wildman–Crippen MR) is 113 cm³/mol. The average Bonchev–Trinajstić information content (AvgIpc) is 3.14. The van der Waals surface area contributed by atoms with Gasteiger partial charge in [0.05, 0.1) is 32.6 Å². The molecule has 1 aromatic heterocycles. The highest BCUT2D eigenvalue weighted by molar-refractivity contribution is 6.34. The van der Waals surface area contributed by atoms with Crippen LogP contribution in [0.15, 0.2) is 48.5 Å². The summed E-state index contributed by atoms with van der Waals surface area (Å²) in [5, 5.41) is 12.4. The molecule has 5 nitrogen and oxygen atoms in total. The maximum absolute atomic E-state index is 14.8. The first-order chi connectivity index (χ1) is 15.9. The summed E-state index contributed by atoms with van der Waals surface area (Å²) in [6.45, 7) is 1.42. The summed E-state index contributed by atoms with van der Waals surface area (Å²) in [7, 11) is 0. The van der Waals surface area contributed by atoms with Crippen molar-refractivity contribution in [3.8, 4) is 11.3 Å². The molecule has 1 N–H and O–H groups in total. The van der Waals surface area contributed by atoms with Crippen molar-refractivity contribution >= 4 is 34.4 Å². The third-order valence-electron chi connectivity index (χ3n) is 5.18. The van der Waals surface area contributed by atoms with Crippen LogP contribution in [0.3, 0.4) is 0 Å². The molecule has 0 spiro atoms. The molecule has 3 aromatic carbocycles. The fourth-order valence-electron chi connectivity index (χ4n) is 3.66. The Kier molecular flexibility index (Phi) is 5.64. The van der Waals surface area contributed by atoms with Crippen molar-refractivity contribution in [3.05, 3.63) is 87.4 Å². The van der Waals surface area contributed by atoms with E-state index in [9.17, 15) is 31.5 Å². The van der Waals surface area contributed by atoms with Crippen molar-refractivity contribution in [2.24, 2.45) is 0 Å². The number of hydrogen-bond acceptors (Lipinski definition) is 3. The lowest BCUT2D eigenvalue weighted by atomic mass is 9.99. The zero-order valence-electron chi connectivity index (χ0n) is 17.0. The molecule has 1 heterocycles. The van der Waals surface area contributed by atoms with Crippen LogP contribution >= 0.6 is 11.6 Å². The van der Waals surface area contributed by atoms with E-state index >= 15 is 0 Å². The number of carboxylic acids is 1. The van der Waals surface area contributed by atoms with E-state index in [1.54, 1.807) is 0 Å². The van der Waals surface area contributed by atoms with Gasteiger partial charge in [-0.2, -0.15) is 23.0 Å². The number of hydrogen-bond donors (Lipinski definition) is 1. The zero-order chi connectivity index (χ0) is 24.9. The lowest BCUT2D eigenvalue weighted by Crippen LogP contribution is -2.20. The average molecular weight is 495 g/mol. The van der Waals surface area contributed by atoms with Crippen molar-refractivity contribution in [2.45, 2.75) is 13.1 Å². The molecule has 0 fully saturated rings. The van der Waals surface area contributed by atoms with Crippen molar-refractivity contribution in [1.82, 2.24) is 9.78 Å². The van der Waals surface area contributed by atoms with Crippen LogP contribution < -0.4 is 0 Å². The Labute approximate surface area is 193 Å². The van der Waals surface area contributed by atoms with Gasteiger partial charge in [0, 0.05) is 5.56 Å². The number of carbonyl (C=O) groups excluding carboxylic acids is 1. The molecule has 0 saturated heterocycles. The molecule has 174 valence electrons. The number of carboxylic acid groups (broad SMARTS) is 1. The molecule has 0 amide bonds. The molecule has 0 saturated carbocycles. The van der Waals surface area contributed by atoms with Crippen LogP contribution in [0.5, 0.6) is 0 Å². The third kappa shape index (κ3) is 3.79. The Morgan fingerprint density at radius 3 is 2.35 bits per heavy atom. The number of fused-ring (bicyclic) bond motifs is 1. The molecule has 0 radical (unpaired) electrons. The van der Waals surface area contributed by atoms with Crippen LogP contribution in [-0.2, 0) is 6.18 Å². The van der Waals surface area contributed by atoms with Gasteiger partial charge in [0.1, 0.15) is 17.3 Å². The topological polar surface area (TPSA) is 72.2 Å². The number of nitrogens with zero attached hydrogens (tertiary/aromatic N) is 2. The van der Waals surface area contributed by atoms with Crippen LogP contribution in [0.1, 0.15) is 31.8 Å². The van der Waals surface area contributed by atoms with Crippen LogP contribution in [-0.4, -0.2) is 26.8 Å². The molecular weight excluding hydrogens is 483 g/mol. The Balaban J connectivity index is 2.02. The van der Waals surface area contributed by atoms with Crippen molar-refractivity contribution in [3.63, 3.8) is 0 Å². The fraction of sp³-hybridized carbons (Fsp3) is 0.0870. The standard InChI is InChI=1S/C23H12ClF5N2O3/c1-10-8-12(22(33)34)16(26)9-11(10)20-19-15(25)6-3-7-17(19)31(30-20)21(32)18-13(23(27,28)29)4-2-5-14(18)24/h2-9H,1H3,(H,33,34). The Morgan fingerprint density at radius 1 is 1.03 bits per heavy atom. The summed E-state index contributed by atoms with van der Waals surface area (Å²) in [6, 6.07) is 8.16. The first-order valence-corrected chi connectivity index (χ1v) is 9.91. The van der Waals surface area contributed by atoms with Gasteiger partial charge in [0.2, 0.25) is 0 Å². The minimum atomic E-state index is -4.92. The molecule has 11 heteroatoms. The van der Waals surface area contributed by atoms with Gasteiger partial charge in [-0.05, 0) is 48.9 Å². The van der Waals surface area contributed by atoms with E-state index in [2.05, 4.69) is 5.10 Å². The fourth-order valence-corrected chi connectivity index (χ4v) is 3.91. The van der Waals surface area contributed by atoms with E-state index in [0.29, 0.717) is 10.7 Å². The summed E-state index contributed by atoms with van der Waals surface area (Å²) in [5.74, 6) is -4.81. The number of carbonyl (C=O) groups is 2. The molecule has 4 rings (SSSR count). The quantitative estimate of drug-likeness (QED) is 0.337. The van der Waals surface area contributed by atoms with E-state index in [0.717, 1.165) is 30.3 Å². The van der Waals surface area contributed by atoms with Gasteiger partial charge in [-0.15, -0.1) is 0 Å². The van der Waals surface area contributed by atoms with Crippen LogP contribution in [0, 0.1) is 18.6 Å². The first kappa shape index (κ1) is 23.4. The highest BCUT2D eigenvalue weighted by Crippen LogP contribution is 2.37. The molecule has 0 bridgehead atoms. The van der Waals surface area contributed by atoms with E-state index in [-0.39, 0.29) is 27.7 Å². The van der Waals surface area contributed by atoms with Crippen molar-refractivity contribution in [2.75, 3.05) is 0 Å². The Hall–Kier alpha value is -3.79. The summed E-state index contributed by atoms with van der Waals surface area (Å²) in [5.41, 5.74) is -3.12. The normalized spacial score (nSPS) is 11.7. The first-order valence-electron chi connectivity index (χ1n) is 9.53.